The molecule has 0 amide bonds. The zero-order valence-corrected chi connectivity index (χ0v) is 12.8. The highest BCUT2D eigenvalue weighted by molar-refractivity contribution is 6.33. The predicted octanol–water partition coefficient (Wildman–Crippen LogP) is 4.32. The fraction of sp³-hybridized carbons (Fsp3) is 0.571. The quantitative estimate of drug-likeness (QED) is 0.842. The first-order valence-corrected chi connectivity index (χ1v) is 7.00. The van der Waals surface area contributed by atoms with Crippen LogP contribution in [0.3, 0.4) is 0 Å². The summed E-state index contributed by atoms with van der Waals surface area (Å²) in [5, 5.41) is 4.69. The molecule has 0 saturated heterocycles. The average molecular weight is 290 g/mol. The Morgan fingerprint density at radius 1 is 1.28 bits per heavy atom. The van der Waals surface area contributed by atoms with Gasteiger partial charge in [0.1, 0.15) is 0 Å². The maximum atomic E-state index is 6.26. The summed E-state index contributed by atoms with van der Waals surface area (Å²) in [6.45, 7) is 6.97. The lowest BCUT2D eigenvalue weighted by molar-refractivity contribution is 0.00463. The van der Waals surface area contributed by atoms with Crippen molar-refractivity contribution < 1.29 is 4.74 Å². The van der Waals surface area contributed by atoms with Crippen molar-refractivity contribution in [3.05, 3.63) is 33.8 Å². The van der Waals surface area contributed by atoms with Gasteiger partial charge in [-0.15, -0.1) is 0 Å². The second-order valence-electron chi connectivity index (χ2n) is 4.60. The van der Waals surface area contributed by atoms with Gasteiger partial charge in [-0.3, -0.25) is 0 Å². The van der Waals surface area contributed by atoms with E-state index in [1.807, 2.05) is 26.1 Å². The standard InChI is InChI=1S/C14H21Cl2NO/c1-5-18-14(9(2)3)13(17-4)11-8-10(15)6-7-12(11)16/h6-9,13-14,17H,5H2,1-4H3. The molecule has 0 aliphatic rings. The van der Waals surface area contributed by atoms with Gasteiger partial charge in [0.2, 0.25) is 0 Å². The predicted molar refractivity (Wildman–Crippen MR) is 78.5 cm³/mol. The highest BCUT2D eigenvalue weighted by Crippen LogP contribution is 2.31. The Balaban J connectivity index is 3.10. The number of halogens is 2. The Hall–Kier alpha value is -0.280. The van der Waals surface area contributed by atoms with Gasteiger partial charge in [-0.25, -0.2) is 0 Å². The van der Waals surface area contributed by atoms with Crippen LogP contribution in [0, 0.1) is 5.92 Å². The summed E-state index contributed by atoms with van der Waals surface area (Å²) < 4.78 is 5.84. The van der Waals surface area contributed by atoms with Crippen LogP contribution in [0.4, 0.5) is 0 Å². The molecule has 1 rings (SSSR count). The van der Waals surface area contributed by atoms with Crippen molar-refractivity contribution >= 4 is 23.2 Å². The molecule has 0 radical (unpaired) electrons. The summed E-state index contributed by atoms with van der Waals surface area (Å²) in [6.07, 6.45) is 0.0657. The smallest absolute Gasteiger partial charge is 0.0792 e. The molecular weight excluding hydrogens is 269 g/mol. The monoisotopic (exact) mass is 289 g/mol. The molecule has 2 unspecified atom stereocenters. The average Bonchev–Trinajstić information content (AvgIpc) is 2.33. The third-order valence-corrected chi connectivity index (χ3v) is 3.53. The van der Waals surface area contributed by atoms with E-state index in [1.54, 1.807) is 6.07 Å². The minimum absolute atomic E-state index is 0.0381. The van der Waals surface area contributed by atoms with Crippen LogP contribution in [0.25, 0.3) is 0 Å². The van der Waals surface area contributed by atoms with Gasteiger partial charge in [0, 0.05) is 16.7 Å². The minimum Gasteiger partial charge on any atom is -0.376 e. The molecule has 1 aromatic rings. The van der Waals surface area contributed by atoms with Gasteiger partial charge >= 0.3 is 0 Å². The number of nitrogens with one attached hydrogen (secondary N) is 1. The molecule has 18 heavy (non-hydrogen) atoms. The molecule has 0 heterocycles. The van der Waals surface area contributed by atoms with Crippen LogP contribution in [0.1, 0.15) is 32.4 Å². The third-order valence-electron chi connectivity index (χ3n) is 2.95. The van der Waals surface area contributed by atoms with Crippen molar-refractivity contribution in [1.29, 1.82) is 0 Å². The zero-order valence-electron chi connectivity index (χ0n) is 11.3. The first-order valence-electron chi connectivity index (χ1n) is 6.25. The van der Waals surface area contributed by atoms with Crippen molar-refractivity contribution in [3.63, 3.8) is 0 Å². The van der Waals surface area contributed by atoms with Gasteiger partial charge in [-0.1, -0.05) is 37.0 Å². The van der Waals surface area contributed by atoms with E-state index in [0.29, 0.717) is 22.6 Å². The Labute approximate surface area is 120 Å². The van der Waals surface area contributed by atoms with E-state index < -0.39 is 0 Å². The molecule has 1 N–H and O–H groups in total. The summed E-state index contributed by atoms with van der Waals surface area (Å²) in [7, 11) is 1.91. The molecule has 0 aromatic heterocycles. The lowest BCUT2D eigenvalue weighted by atomic mass is 9.93. The minimum atomic E-state index is 0.0381. The van der Waals surface area contributed by atoms with Gasteiger partial charge in [0.05, 0.1) is 12.1 Å². The molecule has 0 aliphatic heterocycles. The van der Waals surface area contributed by atoms with Crippen LogP contribution in [0.5, 0.6) is 0 Å². The number of likely N-dealkylation sites (N-methyl/N-ethyl adjacent to an activating group) is 1. The summed E-state index contributed by atoms with van der Waals surface area (Å²) in [5.41, 5.74) is 0.985. The van der Waals surface area contributed by atoms with E-state index >= 15 is 0 Å². The van der Waals surface area contributed by atoms with Crippen LogP contribution in [0.2, 0.25) is 10.0 Å². The lowest BCUT2D eigenvalue weighted by Gasteiger charge is -2.30. The number of benzene rings is 1. The first kappa shape index (κ1) is 15.8. The number of hydrogen-bond acceptors (Lipinski definition) is 2. The summed E-state index contributed by atoms with van der Waals surface area (Å²) in [5.74, 6) is 0.387. The summed E-state index contributed by atoms with van der Waals surface area (Å²) in [6, 6.07) is 5.56. The van der Waals surface area contributed by atoms with Gasteiger partial charge in [0.25, 0.3) is 0 Å². The van der Waals surface area contributed by atoms with Crippen LogP contribution in [-0.4, -0.2) is 19.8 Å². The Morgan fingerprint density at radius 2 is 1.94 bits per heavy atom. The van der Waals surface area contributed by atoms with E-state index in [-0.39, 0.29) is 12.1 Å². The molecule has 4 heteroatoms. The Bertz CT molecular complexity index is 382. The van der Waals surface area contributed by atoms with Gasteiger partial charge in [-0.05, 0) is 43.7 Å². The Morgan fingerprint density at radius 3 is 2.44 bits per heavy atom. The van der Waals surface area contributed by atoms with Gasteiger partial charge in [-0.2, -0.15) is 0 Å². The fourth-order valence-corrected chi connectivity index (χ4v) is 2.53. The van der Waals surface area contributed by atoms with Gasteiger partial charge < -0.3 is 10.1 Å². The van der Waals surface area contributed by atoms with Crippen molar-refractivity contribution in [2.75, 3.05) is 13.7 Å². The molecular formula is C14H21Cl2NO. The van der Waals surface area contributed by atoms with Crippen LogP contribution in [0.15, 0.2) is 18.2 Å². The van der Waals surface area contributed by atoms with E-state index in [9.17, 15) is 0 Å². The van der Waals surface area contributed by atoms with E-state index in [0.717, 1.165) is 5.56 Å². The Kier molecular flexibility index (Phi) is 6.44. The number of hydrogen-bond donors (Lipinski definition) is 1. The third kappa shape index (κ3) is 3.86. The molecule has 0 saturated carbocycles. The van der Waals surface area contributed by atoms with Crippen LogP contribution in [-0.2, 0) is 4.74 Å². The highest BCUT2D eigenvalue weighted by atomic mass is 35.5. The van der Waals surface area contributed by atoms with Crippen LogP contribution < -0.4 is 5.32 Å². The maximum absolute atomic E-state index is 6.26. The first-order chi connectivity index (χ1) is 8.51. The molecule has 1 aromatic carbocycles. The van der Waals surface area contributed by atoms with E-state index in [2.05, 4.69) is 19.2 Å². The largest absolute Gasteiger partial charge is 0.376 e. The molecule has 2 atom stereocenters. The van der Waals surface area contributed by atoms with Crippen molar-refractivity contribution in [2.45, 2.75) is 32.9 Å². The van der Waals surface area contributed by atoms with Crippen LogP contribution >= 0.6 is 23.2 Å². The molecule has 2 nitrogen and oxygen atoms in total. The zero-order chi connectivity index (χ0) is 13.7. The van der Waals surface area contributed by atoms with E-state index in [4.69, 9.17) is 27.9 Å². The highest BCUT2D eigenvalue weighted by Gasteiger charge is 2.27. The van der Waals surface area contributed by atoms with Gasteiger partial charge in [0.15, 0.2) is 0 Å². The molecule has 0 fully saturated rings. The maximum Gasteiger partial charge on any atom is 0.0792 e. The molecule has 102 valence electrons. The SMILES string of the molecule is CCOC(C(C)C)C(NC)c1cc(Cl)ccc1Cl. The second-order valence-corrected chi connectivity index (χ2v) is 5.44. The fourth-order valence-electron chi connectivity index (χ4n) is 2.12. The lowest BCUT2D eigenvalue weighted by Crippen LogP contribution is -2.35. The van der Waals surface area contributed by atoms with Crippen molar-refractivity contribution in [2.24, 2.45) is 5.92 Å². The number of rotatable bonds is 6. The summed E-state index contributed by atoms with van der Waals surface area (Å²) in [4.78, 5) is 0. The van der Waals surface area contributed by atoms with Crippen molar-refractivity contribution in [1.82, 2.24) is 5.32 Å². The molecule has 0 bridgehead atoms. The molecule has 0 aliphatic carbocycles. The van der Waals surface area contributed by atoms with E-state index in [1.165, 1.54) is 0 Å². The van der Waals surface area contributed by atoms with Crippen molar-refractivity contribution in [3.8, 4) is 0 Å². The normalized spacial score (nSPS) is 14.8. The second kappa shape index (κ2) is 7.34. The molecule has 0 spiro atoms. The topological polar surface area (TPSA) is 21.3 Å². The number of ether oxygens (including phenoxy) is 1. The summed E-state index contributed by atoms with van der Waals surface area (Å²) >= 11 is 12.3.